The minimum atomic E-state index is -4.88. The van der Waals surface area contributed by atoms with Gasteiger partial charge >= 0.3 is 7.82 Å². The van der Waals surface area contributed by atoms with Gasteiger partial charge in [-0.1, -0.05) is 96.8 Å². The average molecular weight is 775 g/mol. The van der Waals surface area contributed by atoms with Crippen LogP contribution in [0.5, 0.6) is 0 Å². The van der Waals surface area contributed by atoms with Crippen molar-refractivity contribution in [2.45, 2.75) is 134 Å². The van der Waals surface area contributed by atoms with Gasteiger partial charge in [0.25, 0.3) is 0 Å². The molecular weight excluding hydrogens is 718 g/mol. The third-order valence-electron chi connectivity index (χ3n) is 9.46. The summed E-state index contributed by atoms with van der Waals surface area (Å²) in [5, 5.41) is 45.4. The average Bonchev–Trinajstić information content (AvgIpc) is 3.61. The molecule has 2 aromatic heterocycles. The number of rotatable bonds is 28. The molecule has 3 aromatic rings. The highest BCUT2D eigenvalue weighted by molar-refractivity contribution is 7.47. The van der Waals surface area contributed by atoms with Crippen LogP contribution >= 0.6 is 7.82 Å². The van der Waals surface area contributed by atoms with Crippen molar-refractivity contribution in [1.82, 2.24) is 14.6 Å². The number of aromatic nitrogens is 3. The number of nitrogens with zero attached hydrogens (tertiary/aromatic N) is 5. The number of hydrogen-bond donors (Lipinski definition) is 4. The Labute approximate surface area is 317 Å². The van der Waals surface area contributed by atoms with Gasteiger partial charge in [0.15, 0.2) is 5.82 Å². The van der Waals surface area contributed by atoms with Crippen LogP contribution in [0.3, 0.4) is 0 Å². The highest BCUT2D eigenvalue weighted by atomic mass is 31.2. The van der Waals surface area contributed by atoms with Crippen LogP contribution in [0, 0.1) is 28.5 Å². The van der Waals surface area contributed by atoms with E-state index < -0.39 is 44.2 Å². The molecule has 0 aliphatic heterocycles. The summed E-state index contributed by atoms with van der Waals surface area (Å²) in [4.78, 5) is 14.5. The maximum Gasteiger partial charge on any atom is 0.472 e. The smallest absolute Gasteiger partial charge is 0.386 e. The van der Waals surface area contributed by atoms with Gasteiger partial charge in [0.05, 0.1) is 36.6 Å². The van der Waals surface area contributed by atoms with Crippen LogP contribution in [0.1, 0.15) is 126 Å². The number of phosphoric acid groups is 1. The fraction of sp³-hybridized carbons (Fsp3) is 0.632. The highest BCUT2D eigenvalue weighted by Gasteiger charge is 2.46. The lowest BCUT2D eigenvalue weighted by atomic mass is 9.93. The molecule has 0 bridgehead atoms. The molecular formula is C38H56FN6O8P. The molecule has 1 unspecified atom stereocenters. The molecule has 5 N–H and O–H groups in total. The number of aliphatic hydroxyl groups is 2. The lowest BCUT2D eigenvalue weighted by molar-refractivity contribution is -0.134. The molecule has 298 valence electrons. The van der Waals surface area contributed by atoms with Crippen molar-refractivity contribution in [1.29, 1.82) is 10.5 Å². The number of aliphatic hydroxyl groups excluding tert-OH is 2. The van der Waals surface area contributed by atoms with E-state index in [4.69, 9.17) is 24.3 Å². The van der Waals surface area contributed by atoms with Crippen LogP contribution < -0.4 is 5.73 Å². The number of unbranched alkanes of at least 4 members (excludes halogenated alkanes) is 13. The van der Waals surface area contributed by atoms with Crippen molar-refractivity contribution in [2.24, 2.45) is 0 Å². The molecule has 54 heavy (non-hydrogen) atoms. The Bertz CT molecular complexity index is 1700. The Morgan fingerprint density at radius 1 is 0.963 bits per heavy atom. The van der Waals surface area contributed by atoms with Gasteiger partial charge in [0.2, 0.25) is 5.60 Å². The SMILES string of the molecule is CCCCCCCCCCCCCCCC[C@H](COP(=O)(O)OC[C@@](C#N)(OC)[C@@H](O)[C@@H](O)c1ccc2c(N)ncnn12)OCc1cc(F)cc(C#N)c1. The Hall–Kier alpha value is -3.50. The van der Waals surface area contributed by atoms with Crippen LogP contribution in [0.25, 0.3) is 5.52 Å². The van der Waals surface area contributed by atoms with E-state index in [0.717, 1.165) is 45.2 Å². The fourth-order valence-corrected chi connectivity index (χ4v) is 6.99. The zero-order valence-corrected chi connectivity index (χ0v) is 32.3. The number of nitriles is 2. The second-order valence-corrected chi connectivity index (χ2v) is 15.1. The van der Waals surface area contributed by atoms with Crippen molar-refractivity contribution >= 4 is 19.2 Å². The maximum atomic E-state index is 14.1. The molecule has 0 spiro atoms. The molecule has 14 nitrogen and oxygen atoms in total. The third kappa shape index (κ3) is 14.3. The van der Waals surface area contributed by atoms with Crippen molar-refractivity contribution in [3.05, 3.63) is 59.3 Å². The standard InChI is InChI=1S/C38H56FN6O8P/c1-3-4-5-6-7-8-9-10-11-12-13-14-15-16-17-32(51-24-30-20-29(23-40)21-31(39)22-30)25-52-54(48,49)53-27-38(26-41,50-2)36(47)35(46)33-18-19-34-37(42)43-28-44-45(33)34/h18-22,28,32,35-36,46-47H,3-17,24-25,27H2,1-2H3,(H,48,49)(H2,42,43,44)/t32-,35+,36+,38-/m1/s1. The zero-order valence-electron chi connectivity index (χ0n) is 31.4. The van der Waals surface area contributed by atoms with E-state index in [1.165, 1.54) is 93.0 Å². The first-order valence-electron chi connectivity index (χ1n) is 18.8. The molecule has 1 aromatic carbocycles. The first-order chi connectivity index (χ1) is 26.0. The first-order valence-corrected chi connectivity index (χ1v) is 20.3. The van der Waals surface area contributed by atoms with Gasteiger partial charge in [-0.3, -0.25) is 9.05 Å². The van der Waals surface area contributed by atoms with E-state index in [1.807, 2.05) is 6.07 Å². The predicted octanol–water partition coefficient (Wildman–Crippen LogP) is 7.22. The van der Waals surface area contributed by atoms with Gasteiger partial charge in [0, 0.05) is 7.11 Å². The summed E-state index contributed by atoms with van der Waals surface area (Å²) in [6.45, 7) is 0.804. The summed E-state index contributed by atoms with van der Waals surface area (Å²) >= 11 is 0. The van der Waals surface area contributed by atoms with Crippen LogP contribution in [-0.2, 0) is 29.7 Å². The number of methoxy groups -OCH3 is 1. The summed E-state index contributed by atoms with van der Waals surface area (Å²) in [5.41, 5.74) is 4.48. The number of fused-ring (bicyclic) bond motifs is 1. The van der Waals surface area contributed by atoms with Crippen molar-refractivity contribution in [2.75, 3.05) is 26.1 Å². The molecule has 0 aliphatic carbocycles. The third-order valence-corrected chi connectivity index (χ3v) is 10.4. The zero-order chi connectivity index (χ0) is 39.4. The number of nitrogen functional groups attached to an aromatic ring is 1. The summed E-state index contributed by atoms with van der Waals surface area (Å²) in [6, 6.07) is 10.4. The van der Waals surface area contributed by atoms with Gasteiger partial charge in [-0.15, -0.1) is 0 Å². The number of anilines is 1. The highest BCUT2D eigenvalue weighted by Crippen LogP contribution is 2.45. The molecule has 0 fully saturated rings. The van der Waals surface area contributed by atoms with Crippen LogP contribution in [0.4, 0.5) is 10.2 Å². The number of phosphoric ester groups is 1. The molecule has 0 saturated carbocycles. The van der Waals surface area contributed by atoms with Crippen LogP contribution in [-0.4, -0.2) is 67.8 Å². The second-order valence-electron chi connectivity index (χ2n) is 13.6. The summed E-state index contributed by atoms with van der Waals surface area (Å²) in [7, 11) is -3.81. The Morgan fingerprint density at radius 3 is 2.19 bits per heavy atom. The van der Waals surface area contributed by atoms with Crippen molar-refractivity contribution in [3.8, 4) is 12.1 Å². The number of benzene rings is 1. The lowest BCUT2D eigenvalue weighted by Gasteiger charge is -2.33. The van der Waals surface area contributed by atoms with E-state index in [9.17, 15) is 34.6 Å². The maximum absolute atomic E-state index is 14.1. The molecule has 0 radical (unpaired) electrons. The Balaban J connectivity index is 1.54. The van der Waals surface area contributed by atoms with Crippen LogP contribution in [0.2, 0.25) is 0 Å². The topological polar surface area (TPSA) is 218 Å². The van der Waals surface area contributed by atoms with E-state index in [0.29, 0.717) is 17.5 Å². The number of nitrogens with two attached hydrogens (primary N) is 1. The molecule has 5 atom stereocenters. The normalized spacial score (nSPS) is 15.6. The minimum Gasteiger partial charge on any atom is -0.386 e. The minimum absolute atomic E-state index is 0.0513. The first kappa shape index (κ1) is 44.9. The van der Waals surface area contributed by atoms with Gasteiger partial charge in [-0.2, -0.15) is 15.6 Å². The number of ether oxygens (including phenoxy) is 2. The molecule has 0 aliphatic rings. The quantitative estimate of drug-likeness (QED) is 0.0424. The largest absolute Gasteiger partial charge is 0.472 e. The van der Waals surface area contributed by atoms with E-state index in [1.54, 1.807) is 6.07 Å². The van der Waals surface area contributed by atoms with Gasteiger partial charge in [-0.05, 0) is 42.3 Å². The number of hydrogen-bond acceptors (Lipinski definition) is 12. The molecule has 3 rings (SSSR count). The van der Waals surface area contributed by atoms with Crippen molar-refractivity contribution < 1.29 is 42.6 Å². The number of halogens is 1. The molecule has 2 heterocycles. The van der Waals surface area contributed by atoms with Gasteiger partial charge in [0.1, 0.15) is 42.5 Å². The van der Waals surface area contributed by atoms with Gasteiger partial charge < -0.3 is 30.3 Å². The summed E-state index contributed by atoms with van der Waals surface area (Å²) in [5.74, 6) is -0.470. The van der Waals surface area contributed by atoms with Crippen molar-refractivity contribution in [3.63, 3.8) is 0 Å². The fourth-order valence-electron chi connectivity index (χ4n) is 6.21. The Morgan fingerprint density at radius 2 is 1.59 bits per heavy atom. The van der Waals surface area contributed by atoms with Crippen LogP contribution in [0.15, 0.2) is 36.7 Å². The molecule has 16 heteroatoms. The van der Waals surface area contributed by atoms with E-state index in [-0.39, 0.29) is 30.3 Å². The molecule has 0 saturated heterocycles. The monoisotopic (exact) mass is 774 g/mol. The summed E-state index contributed by atoms with van der Waals surface area (Å²) < 4.78 is 50.0. The lowest BCUT2D eigenvalue weighted by Crippen LogP contribution is -2.50. The van der Waals surface area contributed by atoms with E-state index >= 15 is 0 Å². The second kappa shape index (κ2) is 23.4. The van der Waals surface area contributed by atoms with Gasteiger partial charge in [-0.25, -0.2) is 18.5 Å². The Kier molecular flexibility index (Phi) is 19.5. The predicted molar refractivity (Wildman–Crippen MR) is 200 cm³/mol. The molecule has 0 amide bonds. The van der Waals surface area contributed by atoms with E-state index in [2.05, 4.69) is 17.0 Å². The summed E-state index contributed by atoms with van der Waals surface area (Å²) in [6.07, 6.45) is 13.8.